The number of hydrogen-bond donors (Lipinski definition) is 1. The predicted molar refractivity (Wildman–Crippen MR) is 103 cm³/mol. The van der Waals surface area contributed by atoms with E-state index in [1.807, 2.05) is 4.90 Å². The summed E-state index contributed by atoms with van der Waals surface area (Å²) in [6.45, 7) is 1.67. The smallest absolute Gasteiger partial charge is 0.264 e. The first-order valence-electron chi connectivity index (χ1n) is 8.70. The second-order valence-electron chi connectivity index (χ2n) is 6.14. The van der Waals surface area contributed by atoms with Gasteiger partial charge in [0.05, 0.1) is 12.9 Å². The number of thioether (sulfide) groups is 1. The molecule has 0 atom stereocenters. The summed E-state index contributed by atoms with van der Waals surface area (Å²) >= 11 is 2.58. The maximum Gasteiger partial charge on any atom is 0.264 e. The molecule has 9 nitrogen and oxygen atoms in total. The molecule has 0 bridgehead atoms. The average Bonchev–Trinajstić information content (AvgIpc) is 3.15. The molecule has 146 valence electrons. The number of carbonyl (C=O) groups is 2. The van der Waals surface area contributed by atoms with Crippen LogP contribution in [0, 0.1) is 0 Å². The van der Waals surface area contributed by atoms with Crippen LogP contribution in [0.5, 0.6) is 5.88 Å². The molecule has 0 unspecified atom stereocenters. The van der Waals surface area contributed by atoms with Gasteiger partial charge >= 0.3 is 0 Å². The quantitative estimate of drug-likeness (QED) is 0.574. The lowest BCUT2D eigenvalue weighted by atomic mass is 10.2. The number of methoxy groups -OCH3 is 1. The molecular formula is C16H22N6O3S2. The van der Waals surface area contributed by atoms with Crippen LogP contribution in [0.2, 0.25) is 0 Å². The van der Waals surface area contributed by atoms with Gasteiger partial charge in [0.25, 0.3) is 5.91 Å². The van der Waals surface area contributed by atoms with Crippen molar-refractivity contribution in [2.24, 2.45) is 7.05 Å². The van der Waals surface area contributed by atoms with Crippen LogP contribution in [-0.4, -0.2) is 62.6 Å². The summed E-state index contributed by atoms with van der Waals surface area (Å²) in [5.41, 5.74) is 0.320. The van der Waals surface area contributed by atoms with Crippen LogP contribution >= 0.6 is 23.1 Å². The zero-order valence-electron chi connectivity index (χ0n) is 15.3. The summed E-state index contributed by atoms with van der Waals surface area (Å²) in [6, 6.07) is 0. The van der Waals surface area contributed by atoms with Crippen LogP contribution in [0.25, 0.3) is 0 Å². The zero-order chi connectivity index (χ0) is 19.2. The molecule has 0 radical (unpaired) electrons. The topological polar surface area (TPSA) is 102 Å². The molecule has 0 aliphatic carbocycles. The number of likely N-dealkylation sites (tertiary alicyclic amines) is 1. The number of amides is 2. The minimum atomic E-state index is -0.367. The lowest BCUT2D eigenvalue weighted by molar-refractivity contribution is -0.128. The van der Waals surface area contributed by atoms with E-state index in [0.29, 0.717) is 20.8 Å². The van der Waals surface area contributed by atoms with Crippen molar-refractivity contribution in [3.63, 3.8) is 0 Å². The average molecular weight is 411 g/mol. The first kappa shape index (κ1) is 19.6. The van der Waals surface area contributed by atoms with Crippen LogP contribution in [-0.2, 0) is 11.8 Å². The van der Waals surface area contributed by atoms with Crippen LogP contribution in [0.4, 0.5) is 5.13 Å². The van der Waals surface area contributed by atoms with E-state index in [-0.39, 0.29) is 17.7 Å². The minimum Gasteiger partial charge on any atom is -0.479 e. The highest BCUT2D eigenvalue weighted by Crippen LogP contribution is 2.27. The first-order valence-corrected chi connectivity index (χ1v) is 10.5. The Morgan fingerprint density at radius 2 is 2.00 bits per heavy atom. The monoisotopic (exact) mass is 410 g/mol. The Balaban J connectivity index is 1.53. The van der Waals surface area contributed by atoms with E-state index in [1.54, 1.807) is 13.2 Å². The second kappa shape index (κ2) is 9.18. The summed E-state index contributed by atoms with van der Waals surface area (Å²) in [7, 11) is 3.17. The van der Waals surface area contributed by atoms with E-state index < -0.39 is 0 Å². The fraction of sp³-hybridized carbons (Fsp3) is 0.562. The van der Waals surface area contributed by atoms with E-state index >= 15 is 0 Å². The van der Waals surface area contributed by atoms with Gasteiger partial charge in [-0.25, -0.2) is 0 Å². The van der Waals surface area contributed by atoms with E-state index in [2.05, 4.69) is 20.6 Å². The fourth-order valence-electron chi connectivity index (χ4n) is 2.79. The van der Waals surface area contributed by atoms with Gasteiger partial charge in [-0.15, -0.1) is 15.3 Å². The Hall–Kier alpha value is -2.14. The summed E-state index contributed by atoms with van der Waals surface area (Å²) < 4.78 is 7.24. The van der Waals surface area contributed by atoms with Gasteiger partial charge in [0.2, 0.25) is 16.9 Å². The Bertz CT molecular complexity index is 798. The SMILES string of the molecule is COc1nn(C)cc1C(=O)Nc1nnc(SCC(=O)N2CCCCCC2)s1. The second-order valence-corrected chi connectivity index (χ2v) is 8.34. The van der Waals surface area contributed by atoms with Crippen molar-refractivity contribution >= 4 is 40.0 Å². The summed E-state index contributed by atoms with van der Waals surface area (Å²) in [5, 5.41) is 15.1. The number of nitrogens with zero attached hydrogens (tertiary/aromatic N) is 5. The Labute approximate surface area is 165 Å². The van der Waals surface area contributed by atoms with Crippen molar-refractivity contribution < 1.29 is 14.3 Å². The van der Waals surface area contributed by atoms with Crippen molar-refractivity contribution in [2.45, 2.75) is 30.0 Å². The van der Waals surface area contributed by atoms with Gasteiger partial charge in [0, 0.05) is 26.3 Å². The van der Waals surface area contributed by atoms with Gasteiger partial charge in [-0.05, 0) is 12.8 Å². The third-order valence-electron chi connectivity index (χ3n) is 4.14. The van der Waals surface area contributed by atoms with Gasteiger partial charge in [0.15, 0.2) is 4.34 Å². The van der Waals surface area contributed by atoms with Crippen molar-refractivity contribution in [1.82, 2.24) is 24.9 Å². The van der Waals surface area contributed by atoms with E-state index in [4.69, 9.17) is 4.74 Å². The molecule has 0 spiro atoms. The van der Waals surface area contributed by atoms with Crippen LogP contribution < -0.4 is 10.1 Å². The normalized spacial score (nSPS) is 14.7. The molecule has 27 heavy (non-hydrogen) atoms. The number of hydrogen-bond acceptors (Lipinski definition) is 8. The van der Waals surface area contributed by atoms with Crippen LogP contribution in [0.3, 0.4) is 0 Å². The van der Waals surface area contributed by atoms with E-state index in [1.165, 1.54) is 47.7 Å². The molecule has 0 saturated carbocycles. The standard InChI is InChI=1S/C16H22N6O3S2/c1-21-9-11(14(20-21)25-2)13(24)17-15-18-19-16(27-15)26-10-12(23)22-7-5-3-4-6-8-22/h9H,3-8,10H2,1-2H3,(H,17,18,24). The zero-order valence-corrected chi connectivity index (χ0v) is 16.9. The maximum absolute atomic E-state index is 12.3. The van der Waals surface area contributed by atoms with Gasteiger partial charge in [-0.1, -0.05) is 35.9 Å². The van der Waals surface area contributed by atoms with Crippen molar-refractivity contribution in [1.29, 1.82) is 0 Å². The number of anilines is 1. The van der Waals surface area contributed by atoms with Crippen molar-refractivity contribution in [2.75, 3.05) is 31.3 Å². The lowest BCUT2D eigenvalue weighted by Gasteiger charge is -2.19. The molecule has 3 heterocycles. The number of nitrogens with one attached hydrogen (secondary N) is 1. The molecule has 3 rings (SSSR count). The third kappa shape index (κ3) is 5.19. The Morgan fingerprint density at radius 1 is 1.26 bits per heavy atom. The molecule has 2 aromatic heterocycles. The van der Waals surface area contributed by atoms with Crippen molar-refractivity contribution in [3.05, 3.63) is 11.8 Å². The molecule has 1 fully saturated rings. The largest absolute Gasteiger partial charge is 0.479 e. The number of carbonyl (C=O) groups excluding carboxylic acids is 2. The molecule has 2 amide bonds. The Kier molecular flexibility index (Phi) is 6.67. The number of rotatable bonds is 6. The molecule has 1 N–H and O–H groups in total. The molecule has 11 heteroatoms. The first-order chi connectivity index (χ1) is 13.1. The van der Waals surface area contributed by atoms with Gasteiger partial charge < -0.3 is 9.64 Å². The molecule has 2 aromatic rings. The predicted octanol–water partition coefficient (Wildman–Crippen LogP) is 2.03. The highest BCUT2D eigenvalue weighted by atomic mass is 32.2. The number of ether oxygens (including phenoxy) is 1. The lowest BCUT2D eigenvalue weighted by Crippen LogP contribution is -2.33. The molecule has 0 aromatic carbocycles. The van der Waals surface area contributed by atoms with Crippen LogP contribution in [0.1, 0.15) is 36.0 Å². The van der Waals surface area contributed by atoms with Gasteiger partial charge in [-0.3, -0.25) is 19.6 Å². The molecule has 1 aliphatic heterocycles. The maximum atomic E-state index is 12.3. The highest BCUT2D eigenvalue weighted by Gasteiger charge is 2.19. The van der Waals surface area contributed by atoms with Crippen molar-refractivity contribution in [3.8, 4) is 5.88 Å². The molecule has 1 aliphatic rings. The van der Waals surface area contributed by atoms with Gasteiger partial charge in [0.1, 0.15) is 5.56 Å². The van der Waals surface area contributed by atoms with Crippen LogP contribution in [0.15, 0.2) is 10.5 Å². The van der Waals surface area contributed by atoms with E-state index in [0.717, 1.165) is 25.9 Å². The van der Waals surface area contributed by atoms with E-state index in [9.17, 15) is 9.59 Å². The summed E-state index contributed by atoms with van der Waals surface area (Å²) in [6.07, 6.45) is 6.10. The van der Waals surface area contributed by atoms with Gasteiger partial charge in [-0.2, -0.15) is 0 Å². The summed E-state index contributed by atoms with van der Waals surface area (Å²) in [4.78, 5) is 26.6. The minimum absolute atomic E-state index is 0.128. The summed E-state index contributed by atoms with van der Waals surface area (Å²) in [5.74, 6) is 0.340. The Morgan fingerprint density at radius 3 is 2.70 bits per heavy atom. The number of aromatic nitrogens is 4. The third-order valence-corrected chi connectivity index (χ3v) is 6.09. The number of aryl methyl sites for hydroxylation is 1. The fourth-order valence-corrected chi connectivity index (χ4v) is 4.44. The molecule has 1 saturated heterocycles. The molecular weight excluding hydrogens is 388 g/mol. The highest BCUT2D eigenvalue weighted by molar-refractivity contribution is 8.01.